The molecule has 1 N–H and O–H groups in total. The van der Waals surface area contributed by atoms with Crippen LogP contribution >= 0.6 is 11.3 Å². The molecule has 1 aromatic heterocycles. The Hall–Kier alpha value is -1.16. The molecule has 0 aliphatic heterocycles. The maximum Gasteiger partial charge on any atom is 0.0558 e. The largest absolute Gasteiger partial charge is 0.395 e. The van der Waals surface area contributed by atoms with E-state index < -0.39 is 0 Å². The van der Waals surface area contributed by atoms with E-state index in [1.165, 1.54) is 11.1 Å². The third-order valence-electron chi connectivity index (χ3n) is 2.96. The number of hydrogen-bond donors (Lipinski definition) is 1. The highest BCUT2D eigenvalue weighted by Crippen LogP contribution is 2.10. The first-order valence-electron chi connectivity index (χ1n) is 6.26. The van der Waals surface area contributed by atoms with Gasteiger partial charge in [0.2, 0.25) is 0 Å². The number of benzene rings is 1. The van der Waals surface area contributed by atoms with Crippen LogP contribution in [0.3, 0.4) is 0 Å². The van der Waals surface area contributed by atoms with Gasteiger partial charge in [-0.3, -0.25) is 4.90 Å². The van der Waals surface area contributed by atoms with Crippen molar-refractivity contribution >= 4 is 11.3 Å². The van der Waals surface area contributed by atoms with Crippen molar-refractivity contribution < 1.29 is 5.11 Å². The molecule has 18 heavy (non-hydrogen) atoms. The SMILES string of the molecule is OCCN(CCc1ccccc1)Cc1ccsc1. The Balaban J connectivity index is 1.86. The van der Waals surface area contributed by atoms with E-state index in [0.717, 1.165) is 26.1 Å². The molecule has 1 aromatic carbocycles. The maximum atomic E-state index is 9.12. The molecule has 0 saturated heterocycles. The normalized spacial score (nSPS) is 11.0. The Morgan fingerprint density at radius 1 is 1.00 bits per heavy atom. The average Bonchev–Trinajstić information content (AvgIpc) is 2.90. The quantitative estimate of drug-likeness (QED) is 0.828. The summed E-state index contributed by atoms with van der Waals surface area (Å²) in [6, 6.07) is 12.6. The molecule has 0 amide bonds. The van der Waals surface area contributed by atoms with Crippen molar-refractivity contribution in [1.82, 2.24) is 4.90 Å². The van der Waals surface area contributed by atoms with Crippen molar-refractivity contribution in [3.05, 3.63) is 58.3 Å². The Morgan fingerprint density at radius 2 is 1.83 bits per heavy atom. The lowest BCUT2D eigenvalue weighted by Crippen LogP contribution is -2.28. The minimum absolute atomic E-state index is 0.221. The Bertz CT molecular complexity index is 427. The van der Waals surface area contributed by atoms with Gasteiger partial charge in [-0.1, -0.05) is 30.3 Å². The lowest BCUT2D eigenvalue weighted by molar-refractivity contribution is 0.192. The number of aliphatic hydroxyl groups is 1. The van der Waals surface area contributed by atoms with Crippen LogP contribution in [-0.4, -0.2) is 29.7 Å². The first-order valence-corrected chi connectivity index (χ1v) is 7.21. The molecule has 0 bridgehead atoms. The van der Waals surface area contributed by atoms with E-state index in [1.807, 2.05) is 6.07 Å². The minimum Gasteiger partial charge on any atom is -0.395 e. The molecule has 0 spiro atoms. The molecule has 2 aromatic rings. The lowest BCUT2D eigenvalue weighted by atomic mass is 10.1. The molecule has 0 aliphatic rings. The van der Waals surface area contributed by atoms with E-state index >= 15 is 0 Å². The lowest BCUT2D eigenvalue weighted by Gasteiger charge is -2.20. The zero-order valence-electron chi connectivity index (χ0n) is 10.5. The third-order valence-corrected chi connectivity index (χ3v) is 3.69. The second-order valence-corrected chi connectivity index (χ2v) is 5.15. The molecule has 96 valence electrons. The Kier molecular flexibility index (Phi) is 5.39. The van der Waals surface area contributed by atoms with E-state index in [2.05, 4.69) is 46.0 Å². The predicted octanol–water partition coefficient (Wildman–Crippen LogP) is 2.79. The van der Waals surface area contributed by atoms with Gasteiger partial charge in [-0.15, -0.1) is 0 Å². The third kappa shape index (κ3) is 4.26. The molecule has 0 atom stereocenters. The number of hydrogen-bond acceptors (Lipinski definition) is 3. The van der Waals surface area contributed by atoms with Crippen molar-refractivity contribution in [2.75, 3.05) is 19.7 Å². The molecule has 0 aliphatic carbocycles. The van der Waals surface area contributed by atoms with Gasteiger partial charge in [0.1, 0.15) is 0 Å². The molecule has 0 saturated carbocycles. The van der Waals surface area contributed by atoms with E-state index in [-0.39, 0.29) is 6.61 Å². The Labute approximate surface area is 113 Å². The summed E-state index contributed by atoms with van der Waals surface area (Å²) in [7, 11) is 0. The smallest absolute Gasteiger partial charge is 0.0558 e. The van der Waals surface area contributed by atoms with Gasteiger partial charge in [0, 0.05) is 19.6 Å². The van der Waals surface area contributed by atoms with Crippen molar-refractivity contribution in [2.45, 2.75) is 13.0 Å². The monoisotopic (exact) mass is 261 g/mol. The predicted molar refractivity (Wildman–Crippen MR) is 76.8 cm³/mol. The fourth-order valence-electron chi connectivity index (χ4n) is 1.98. The van der Waals surface area contributed by atoms with E-state index in [1.54, 1.807) is 11.3 Å². The van der Waals surface area contributed by atoms with Gasteiger partial charge < -0.3 is 5.11 Å². The van der Waals surface area contributed by atoms with Gasteiger partial charge in [0.25, 0.3) is 0 Å². The van der Waals surface area contributed by atoms with Crippen LogP contribution in [0.4, 0.5) is 0 Å². The van der Waals surface area contributed by atoms with Crippen LogP contribution in [0.2, 0.25) is 0 Å². The summed E-state index contributed by atoms with van der Waals surface area (Å²) in [6.07, 6.45) is 1.03. The van der Waals surface area contributed by atoms with E-state index in [4.69, 9.17) is 5.11 Å². The summed E-state index contributed by atoms with van der Waals surface area (Å²) < 4.78 is 0. The summed E-state index contributed by atoms with van der Waals surface area (Å²) in [5.74, 6) is 0. The van der Waals surface area contributed by atoms with Gasteiger partial charge in [0.05, 0.1) is 6.61 Å². The van der Waals surface area contributed by atoms with Crippen molar-refractivity contribution in [1.29, 1.82) is 0 Å². The van der Waals surface area contributed by atoms with Crippen LogP contribution < -0.4 is 0 Å². The Morgan fingerprint density at radius 3 is 2.50 bits per heavy atom. The average molecular weight is 261 g/mol. The van der Waals surface area contributed by atoms with Crippen molar-refractivity contribution in [3.8, 4) is 0 Å². The fraction of sp³-hybridized carbons (Fsp3) is 0.333. The summed E-state index contributed by atoms with van der Waals surface area (Å²) >= 11 is 1.72. The second kappa shape index (κ2) is 7.31. The number of rotatable bonds is 7. The van der Waals surface area contributed by atoms with Crippen molar-refractivity contribution in [3.63, 3.8) is 0 Å². The molecular weight excluding hydrogens is 242 g/mol. The molecule has 3 heteroatoms. The first-order chi connectivity index (χ1) is 8.88. The second-order valence-electron chi connectivity index (χ2n) is 4.37. The van der Waals surface area contributed by atoms with Crippen LogP contribution in [0.15, 0.2) is 47.2 Å². The standard InChI is InChI=1S/C15H19NOS/c17-10-9-16(12-15-7-11-18-13-15)8-6-14-4-2-1-3-5-14/h1-5,7,11,13,17H,6,8-10,12H2. The number of thiophene rings is 1. The minimum atomic E-state index is 0.221. The number of nitrogens with zero attached hydrogens (tertiary/aromatic N) is 1. The molecule has 0 radical (unpaired) electrons. The van der Waals surface area contributed by atoms with Crippen LogP contribution in [0, 0.1) is 0 Å². The van der Waals surface area contributed by atoms with Crippen LogP contribution in [0.1, 0.15) is 11.1 Å². The maximum absolute atomic E-state index is 9.12. The first kappa shape index (κ1) is 13.3. The van der Waals surface area contributed by atoms with Gasteiger partial charge in [0.15, 0.2) is 0 Å². The van der Waals surface area contributed by atoms with Gasteiger partial charge >= 0.3 is 0 Å². The van der Waals surface area contributed by atoms with E-state index in [0.29, 0.717) is 0 Å². The van der Waals surface area contributed by atoms with Crippen LogP contribution in [-0.2, 0) is 13.0 Å². The van der Waals surface area contributed by atoms with Gasteiger partial charge in [-0.05, 0) is 34.4 Å². The molecular formula is C15H19NOS. The van der Waals surface area contributed by atoms with Gasteiger partial charge in [-0.2, -0.15) is 11.3 Å². The highest BCUT2D eigenvalue weighted by molar-refractivity contribution is 7.07. The molecule has 2 rings (SSSR count). The zero-order chi connectivity index (χ0) is 12.6. The summed E-state index contributed by atoms with van der Waals surface area (Å²) in [5.41, 5.74) is 2.69. The van der Waals surface area contributed by atoms with E-state index in [9.17, 15) is 0 Å². The zero-order valence-corrected chi connectivity index (χ0v) is 11.3. The van der Waals surface area contributed by atoms with Crippen molar-refractivity contribution in [2.24, 2.45) is 0 Å². The molecule has 2 nitrogen and oxygen atoms in total. The molecule has 1 heterocycles. The summed E-state index contributed by atoms with van der Waals surface area (Å²) in [6.45, 7) is 2.87. The highest BCUT2D eigenvalue weighted by Gasteiger charge is 2.06. The molecule has 0 unspecified atom stereocenters. The van der Waals surface area contributed by atoms with Crippen LogP contribution in [0.5, 0.6) is 0 Å². The molecule has 0 fully saturated rings. The fourth-order valence-corrected chi connectivity index (χ4v) is 2.64. The highest BCUT2D eigenvalue weighted by atomic mass is 32.1. The summed E-state index contributed by atoms with van der Waals surface area (Å²) in [5, 5.41) is 13.4. The van der Waals surface area contributed by atoms with Gasteiger partial charge in [-0.25, -0.2) is 0 Å². The number of aliphatic hydroxyl groups excluding tert-OH is 1. The topological polar surface area (TPSA) is 23.5 Å². The van der Waals surface area contributed by atoms with Crippen LogP contribution in [0.25, 0.3) is 0 Å². The summed E-state index contributed by atoms with van der Waals surface area (Å²) in [4.78, 5) is 2.30.